The lowest BCUT2D eigenvalue weighted by atomic mass is 9.89. The number of carbonyl (C=O) groups is 1. The van der Waals surface area contributed by atoms with Crippen LogP contribution in [0, 0.1) is 0 Å². The van der Waals surface area contributed by atoms with Crippen LogP contribution in [0.4, 0.5) is 0 Å². The molecule has 1 fully saturated rings. The van der Waals surface area contributed by atoms with Gasteiger partial charge in [0, 0.05) is 13.2 Å². The Morgan fingerprint density at radius 2 is 2.00 bits per heavy atom. The van der Waals surface area contributed by atoms with Crippen molar-refractivity contribution in [1.82, 2.24) is 5.32 Å². The third-order valence-electron chi connectivity index (χ3n) is 2.43. The van der Waals surface area contributed by atoms with E-state index < -0.39 is 0 Å². The number of ether oxygens (including phenoxy) is 2. The van der Waals surface area contributed by atoms with Crippen LogP contribution < -0.4 is 5.32 Å². The zero-order valence-corrected chi connectivity index (χ0v) is 10.0. The fraction of sp³-hybridized carbons (Fsp3) is 0.909. The lowest BCUT2D eigenvalue weighted by Gasteiger charge is -2.34. The quantitative estimate of drug-likeness (QED) is 0.763. The largest absolute Gasteiger partial charge is 0.381 e. The van der Waals surface area contributed by atoms with Gasteiger partial charge < -0.3 is 14.8 Å². The molecule has 88 valence electrons. The first-order valence-electron chi connectivity index (χ1n) is 5.37. The Morgan fingerprint density at radius 3 is 2.47 bits per heavy atom. The smallest absolute Gasteiger partial charge is 0.246 e. The number of hydrogen-bond donors (Lipinski definition) is 1. The predicted molar refractivity (Wildman–Crippen MR) is 57.7 cm³/mol. The Kier molecular flexibility index (Phi) is 4.11. The lowest BCUT2D eigenvalue weighted by Crippen LogP contribution is -2.48. The van der Waals surface area contributed by atoms with Gasteiger partial charge in [-0.25, -0.2) is 0 Å². The zero-order chi connectivity index (χ0) is 11.5. The molecule has 1 rings (SSSR count). The number of carbonyl (C=O) groups excluding carboxylic acids is 1. The van der Waals surface area contributed by atoms with Crippen molar-refractivity contribution in [3.63, 3.8) is 0 Å². The van der Waals surface area contributed by atoms with E-state index in [-0.39, 0.29) is 24.2 Å². The van der Waals surface area contributed by atoms with Crippen LogP contribution in [0.3, 0.4) is 0 Å². The highest BCUT2D eigenvalue weighted by Crippen LogP contribution is 2.22. The summed E-state index contributed by atoms with van der Waals surface area (Å²) < 4.78 is 10.5. The molecule has 0 heterocycles. The number of nitrogens with one attached hydrogen (secondary N) is 1. The minimum atomic E-state index is -0.258. The fourth-order valence-corrected chi connectivity index (χ4v) is 1.43. The average molecular weight is 215 g/mol. The molecule has 1 amide bonds. The molecule has 4 nitrogen and oxygen atoms in total. The maximum absolute atomic E-state index is 11.4. The van der Waals surface area contributed by atoms with Crippen molar-refractivity contribution >= 4 is 5.91 Å². The highest BCUT2D eigenvalue weighted by atomic mass is 16.5. The van der Waals surface area contributed by atoms with Gasteiger partial charge in [0.15, 0.2) is 0 Å². The number of amides is 1. The number of hydrogen-bond acceptors (Lipinski definition) is 3. The summed E-state index contributed by atoms with van der Waals surface area (Å²) >= 11 is 0. The van der Waals surface area contributed by atoms with E-state index >= 15 is 0 Å². The molecule has 0 aromatic heterocycles. The molecule has 0 spiro atoms. The van der Waals surface area contributed by atoms with Crippen LogP contribution in [0.5, 0.6) is 0 Å². The van der Waals surface area contributed by atoms with E-state index in [4.69, 9.17) is 9.47 Å². The standard InChI is InChI=1S/C11H21NO3/c1-11(2,3)15-7-10(13)12-8-5-9(6-8)14-4/h8-9H,5-7H2,1-4H3,(H,12,13). The van der Waals surface area contributed by atoms with Crippen LogP contribution in [-0.4, -0.2) is 37.4 Å². The Balaban J connectivity index is 2.10. The normalized spacial score (nSPS) is 25.9. The van der Waals surface area contributed by atoms with Crippen LogP contribution in [0.1, 0.15) is 33.6 Å². The second kappa shape index (κ2) is 4.94. The monoisotopic (exact) mass is 215 g/mol. The molecular formula is C11H21NO3. The Labute approximate surface area is 91.3 Å². The molecule has 0 bridgehead atoms. The molecule has 0 atom stereocenters. The molecule has 0 radical (unpaired) electrons. The van der Waals surface area contributed by atoms with E-state index in [1.807, 2.05) is 20.8 Å². The summed E-state index contributed by atoms with van der Waals surface area (Å²) in [6.45, 7) is 5.94. The molecule has 0 aromatic rings. The van der Waals surface area contributed by atoms with Crippen LogP contribution in [-0.2, 0) is 14.3 Å². The van der Waals surface area contributed by atoms with E-state index in [0.29, 0.717) is 6.10 Å². The van der Waals surface area contributed by atoms with Gasteiger partial charge in [0.2, 0.25) is 5.91 Å². The van der Waals surface area contributed by atoms with Crippen molar-refractivity contribution in [2.24, 2.45) is 0 Å². The van der Waals surface area contributed by atoms with E-state index in [9.17, 15) is 4.79 Å². The van der Waals surface area contributed by atoms with Crippen LogP contribution in [0.15, 0.2) is 0 Å². The summed E-state index contributed by atoms with van der Waals surface area (Å²) in [6.07, 6.45) is 2.15. The molecule has 0 saturated heterocycles. The van der Waals surface area contributed by atoms with Gasteiger partial charge in [0.25, 0.3) is 0 Å². The Hall–Kier alpha value is -0.610. The molecule has 0 aromatic carbocycles. The second-order valence-electron chi connectivity index (χ2n) is 4.99. The van der Waals surface area contributed by atoms with Gasteiger partial charge in [-0.1, -0.05) is 0 Å². The maximum Gasteiger partial charge on any atom is 0.246 e. The van der Waals surface area contributed by atoms with Crippen molar-refractivity contribution in [2.45, 2.75) is 51.4 Å². The molecule has 1 N–H and O–H groups in total. The predicted octanol–water partition coefficient (Wildman–Crippen LogP) is 1.10. The Bertz CT molecular complexity index is 216. The highest BCUT2D eigenvalue weighted by molar-refractivity contribution is 5.77. The summed E-state index contributed by atoms with van der Waals surface area (Å²) in [5.41, 5.74) is -0.258. The topological polar surface area (TPSA) is 47.6 Å². The third-order valence-corrected chi connectivity index (χ3v) is 2.43. The molecule has 4 heteroatoms. The highest BCUT2D eigenvalue weighted by Gasteiger charge is 2.30. The van der Waals surface area contributed by atoms with Crippen molar-refractivity contribution < 1.29 is 14.3 Å². The summed E-state index contributed by atoms with van der Waals surface area (Å²) in [7, 11) is 1.70. The number of rotatable bonds is 4. The van der Waals surface area contributed by atoms with Gasteiger partial charge in [-0.2, -0.15) is 0 Å². The minimum Gasteiger partial charge on any atom is -0.381 e. The van der Waals surface area contributed by atoms with E-state index in [2.05, 4.69) is 5.32 Å². The van der Waals surface area contributed by atoms with Crippen molar-refractivity contribution in [1.29, 1.82) is 0 Å². The van der Waals surface area contributed by atoms with Crippen LogP contribution in [0.2, 0.25) is 0 Å². The molecule has 15 heavy (non-hydrogen) atoms. The third kappa shape index (κ3) is 4.62. The van der Waals surface area contributed by atoms with E-state index in [1.165, 1.54) is 0 Å². The van der Waals surface area contributed by atoms with E-state index in [0.717, 1.165) is 12.8 Å². The molecule has 0 aliphatic heterocycles. The summed E-state index contributed by atoms with van der Waals surface area (Å²) in [4.78, 5) is 11.4. The fourth-order valence-electron chi connectivity index (χ4n) is 1.43. The first-order chi connectivity index (χ1) is 6.90. The van der Waals surface area contributed by atoms with Gasteiger partial charge in [-0.15, -0.1) is 0 Å². The van der Waals surface area contributed by atoms with Crippen molar-refractivity contribution in [3.05, 3.63) is 0 Å². The van der Waals surface area contributed by atoms with E-state index in [1.54, 1.807) is 7.11 Å². The Morgan fingerprint density at radius 1 is 1.40 bits per heavy atom. The van der Waals surface area contributed by atoms with Crippen LogP contribution >= 0.6 is 0 Å². The van der Waals surface area contributed by atoms with Gasteiger partial charge in [-0.3, -0.25) is 4.79 Å². The summed E-state index contributed by atoms with van der Waals surface area (Å²) in [5, 5.41) is 2.91. The van der Waals surface area contributed by atoms with Gasteiger partial charge in [0.05, 0.1) is 11.7 Å². The second-order valence-corrected chi connectivity index (χ2v) is 4.99. The van der Waals surface area contributed by atoms with Crippen LogP contribution in [0.25, 0.3) is 0 Å². The average Bonchev–Trinajstić information content (AvgIpc) is 2.06. The molecule has 0 unspecified atom stereocenters. The van der Waals surface area contributed by atoms with Crippen molar-refractivity contribution in [3.8, 4) is 0 Å². The maximum atomic E-state index is 11.4. The first kappa shape index (κ1) is 12.5. The van der Waals surface area contributed by atoms with Gasteiger partial charge >= 0.3 is 0 Å². The van der Waals surface area contributed by atoms with Gasteiger partial charge in [0.1, 0.15) is 6.61 Å². The SMILES string of the molecule is COC1CC(NC(=O)COC(C)(C)C)C1. The summed E-state index contributed by atoms with van der Waals surface area (Å²) in [6, 6.07) is 0.269. The molecule has 1 saturated carbocycles. The van der Waals surface area contributed by atoms with Crippen molar-refractivity contribution in [2.75, 3.05) is 13.7 Å². The molecule has 1 aliphatic rings. The minimum absolute atomic E-state index is 0.0375. The first-order valence-corrected chi connectivity index (χ1v) is 5.37. The summed E-state index contributed by atoms with van der Waals surface area (Å²) in [5.74, 6) is -0.0375. The molecule has 1 aliphatic carbocycles. The molecular weight excluding hydrogens is 194 g/mol. The van der Waals surface area contributed by atoms with Gasteiger partial charge in [-0.05, 0) is 33.6 Å². The number of methoxy groups -OCH3 is 1. The zero-order valence-electron chi connectivity index (χ0n) is 10.0. The lowest BCUT2D eigenvalue weighted by molar-refractivity contribution is -0.132.